The molecule has 1 amide bonds. The first-order chi connectivity index (χ1) is 11.6. The normalized spacial score (nSPS) is 21.0. The molecule has 0 bridgehead atoms. The smallest absolute Gasteiger partial charge is 0.389 e. The van der Waals surface area contributed by atoms with Crippen LogP contribution in [-0.2, 0) is 19.2 Å². The van der Waals surface area contributed by atoms with Crippen LogP contribution in [0.2, 0.25) is 0 Å². The standard InChI is InChI=1S/C16H26F3NO5/c1-11(2)9-12(15(22)23)13(6-7-16(17,18)19)20(10-21)25-14-5-3-4-8-24-14/h10-14H,3-9H2,1-2H3,(H,22,23)/t12-,13+,14?/m1/s1. The van der Waals surface area contributed by atoms with Gasteiger partial charge in [0.25, 0.3) is 0 Å². The Bertz CT molecular complexity index is 424. The number of carboxylic acid groups (broad SMARTS) is 1. The fourth-order valence-electron chi connectivity index (χ4n) is 2.86. The minimum absolute atomic E-state index is 0.0612. The maximum absolute atomic E-state index is 12.6. The number of ether oxygens (including phenoxy) is 1. The molecule has 0 aromatic carbocycles. The number of hydrogen-bond donors (Lipinski definition) is 1. The van der Waals surface area contributed by atoms with Crippen molar-refractivity contribution in [3.63, 3.8) is 0 Å². The zero-order valence-corrected chi connectivity index (χ0v) is 14.5. The average molecular weight is 369 g/mol. The second-order valence-corrected chi connectivity index (χ2v) is 6.66. The van der Waals surface area contributed by atoms with Crippen LogP contribution in [0.1, 0.15) is 52.4 Å². The Kier molecular flexibility index (Phi) is 8.64. The van der Waals surface area contributed by atoms with E-state index in [0.29, 0.717) is 18.1 Å². The van der Waals surface area contributed by atoms with Crippen molar-refractivity contribution in [1.29, 1.82) is 0 Å². The summed E-state index contributed by atoms with van der Waals surface area (Å²) in [6.45, 7) is 3.97. The van der Waals surface area contributed by atoms with Gasteiger partial charge in [-0.15, -0.1) is 0 Å². The molecule has 6 nitrogen and oxygen atoms in total. The van der Waals surface area contributed by atoms with E-state index in [0.717, 1.165) is 12.8 Å². The highest BCUT2D eigenvalue weighted by Gasteiger charge is 2.38. The number of carbonyl (C=O) groups excluding carboxylic acids is 1. The van der Waals surface area contributed by atoms with Gasteiger partial charge in [0.15, 0.2) is 6.29 Å². The van der Waals surface area contributed by atoms with Gasteiger partial charge >= 0.3 is 12.1 Å². The molecule has 1 heterocycles. The summed E-state index contributed by atoms with van der Waals surface area (Å²) in [5.74, 6) is -2.47. The lowest BCUT2D eigenvalue weighted by molar-refractivity contribution is -0.292. The maximum Gasteiger partial charge on any atom is 0.389 e. The topological polar surface area (TPSA) is 76.1 Å². The Labute approximate surface area is 145 Å². The van der Waals surface area contributed by atoms with Crippen molar-refractivity contribution in [2.75, 3.05) is 6.61 Å². The minimum atomic E-state index is -4.45. The summed E-state index contributed by atoms with van der Waals surface area (Å²) in [6, 6.07) is -1.22. The van der Waals surface area contributed by atoms with Crippen molar-refractivity contribution in [3.05, 3.63) is 0 Å². The highest BCUT2D eigenvalue weighted by atomic mass is 19.4. The van der Waals surface area contributed by atoms with E-state index in [9.17, 15) is 27.9 Å². The highest BCUT2D eigenvalue weighted by Crippen LogP contribution is 2.30. The molecule has 1 aliphatic rings. The summed E-state index contributed by atoms with van der Waals surface area (Å²) in [7, 11) is 0. The van der Waals surface area contributed by atoms with E-state index in [1.165, 1.54) is 0 Å². The van der Waals surface area contributed by atoms with Gasteiger partial charge in [0.2, 0.25) is 6.41 Å². The van der Waals surface area contributed by atoms with E-state index >= 15 is 0 Å². The first-order valence-electron chi connectivity index (χ1n) is 8.45. The molecular formula is C16H26F3NO5. The van der Waals surface area contributed by atoms with Crippen molar-refractivity contribution in [1.82, 2.24) is 5.06 Å². The molecule has 3 atom stereocenters. The van der Waals surface area contributed by atoms with Crippen LogP contribution in [-0.4, -0.2) is 47.7 Å². The quantitative estimate of drug-likeness (QED) is 0.472. The van der Waals surface area contributed by atoms with Gasteiger partial charge in [-0.05, 0) is 31.6 Å². The Morgan fingerprint density at radius 1 is 1.40 bits per heavy atom. The van der Waals surface area contributed by atoms with E-state index in [2.05, 4.69) is 0 Å². The summed E-state index contributed by atoms with van der Waals surface area (Å²) in [5, 5.41) is 10.2. The van der Waals surface area contributed by atoms with Crippen molar-refractivity contribution in [2.45, 2.75) is 70.9 Å². The van der Waals surface area contributed by atoms with Crippen LogP contribution < -0.4 is 0 Å². The lowest BCUT2D eigenvalue weighted by atomic mass is 9.87. The lowest BCUT2D eigenvalue weighted by Gasteiger charge is -2.35. The second kappa shape index (κ2) is 9.96. The zero-order chi connectivity index (χ0) is 19.0. The Morgan fingerprint density at radius 2 is 2.08 bits per heavy atom. The number of carboxylic acids is 1. The number of nitrogens with zero attached hydrogens (tertiary/aromatic N) is 1. The number of amides is 1. The highest BCUT2D eigenvalue weighted by molar-refractivity contribution is 5.71. The minimum Gasteiger partial charge on any atom is -0.481 e. The molecule has 25 heavy (non-hydrogen) atoms. The largest absolute Gasteiger partial charge is 0.481 e. The number of rotatable bonds is 10. The van der Waals surface area contributed by atoms with E-state index < -0.39 is 43.2 Å². The molecule has 1 saturated heterocycles. The molecule has 146 valence electrons. The van der Waals surface area contributed by atoms with Crippen LogP contribution in [0, 0.1) is 11.8 Å². The number of aliphatic carboxylic acids is 1. The molecule has 0 aromatic heterocycles. The molecule has 1 rings (SSSR count). The van der Waals surface area contributed by atoms with Gasteiger partial charge in [0.05, 0.1) is 12.0 Å². The predicted octanol–water partition coefficient (Wildman–Crippen LogP) is 3.36. The first-order valence-corrected chi connectivity index (χ1v) is 8.45. The molecule has 1 unspecified atom stereocenters. The number of carbonyl (C=O) groups is 2. The molecule has 1 fully saturated rings. The van der Waals surface area contributed by atoms with E-state index in [1.807, 2.05) is 0 Å². The predicted molar refractivity (Wildman–Crippen MR) is 82.2 cm³/mol. The molecule has 0 aromatic rings. The Morgan fingerprint density at radius 3 is 2.52 bits per heavy atom. The molecular weight excluding hydrogens is 343 g/mol. The molecule has 9 heteroatoms. The van der Waals surface area contributed by atoms with Gasteiger partial charge < -0.3 is 9.84 Å². The Hall–Kier alpha value is -1.35. The van der Waals surface area contributed by atoms with Crippen LogP contribution in [0.25, 0.3) is 0 Å². The van der Waals surface area contributed by atoms with Crippen molar-refractivity contribution in [2.24, 2.45) is 11.8 Å². The van der Waals surface area contributed by atoms with E-state index in [1.54, 1.807) is 13.8 Å². The second-order valence-electron chi connectivity index (χ2n) is 6.66. The third-order valence-electron chi connectivity index (χ3n) is 4.04. The van der Waals surface area contributed by atoms with Gasteiger partial charge in [0, 0.05) is 19.4 Å². The average Bonchev–Trinajstić information content (AvgIpc) is 2.52. The van der Waals surface area contributed by atoms with Crippen LogP contribution in [0.4, 0.5) is 13.2 Å². The van der Waals surface area contributed by atoms with Crippen molar-refractivity contribution in [3.8, 4) is 0 Å². The Balaban J connectivity index is 2.94. The van der Waals surface area contributed by atoms with Gasteiger partial charge in [-0.2, -0.15) is 13.2 Å². The first kappa shape index (κ1) is 21.7. The number of halogens is 3. The lowest BCUT2D eigenvalue weighted by Crippen LogP contribution is -2.46. The molecule has 0 saturated carbocycles. The third kappa shape index (κ3) is 8.04. The summed E-state index contributed by atoms with van der Waals surface area (Å²) >= 11 is 0. The maximum atomic E-state index is 12.6. The summed E-state index contributed by atoms with van der Waals surface area (Å²) in [4.78, 5) is 28.4. The zero-order valence-electron chi connectivity index (χ0n) is 14.5. The van der Waals surface area contributed by atoms with E-state index in [4.69, 9.17) is 9.57 Å². The number of alkyl halides is 3. The van der Waals surface area contributed by atoms with Gasteiger partial charge in [-0.25, -0.2) is 9.90 Å². The van der Waals surface area contributed by atoms with Crippen LogP contribution in [0.5, 0.6) is 0 Å². The molecule has 0 aliphatic carbocycles. The molecule has 0 spiro atoms. The summed E-state index contributed by atoms with van der Waals surface area (Å²) in [5.41, 5.74) is 0. The van der Waals surface area contributed by atoms with E-state index in [-0.39, 0.29) is 18.7 Å². The SMILES string of the molecule is CC(C)C[C@@H](C(=O)O)[C@H](CCC(F)(F)F)N(C=O)OC1CCCCO1. The third-order valence-corrected chi connectivity index (χ3v) is 4.04. The van der Waals surface area contributed by atoms with Gasteiger partial charge in [-0.3, -0.25) is 9.59 Å². The van der Waals surface area contributed by atoms with Crippen LogP contribution in [0.3, 0.4) is 0 Å². The van der Waals surface area contributed by atoms with Crippen molar-refractivity contribution >= 4 is 12.4 Å². The van der Waals surface area contributed by atoms with Gasteiger partial charge in [-0.1, -0.05) is 13.8 Å². The van der Waals surface area contributed by atoms with Crippen LogP contribution in [0.15, 0.2) is 0 Å². The van der Waals surface area contributed by atoms with Crippen LogP contribution >= 0.6 is 0 Å². The fraction of sp³-hybridized carbons (Fsp3) is 0.875. The number of hydroxylamine groups is 2. The molecule has 0 radical (unpaired) electrons. The fourth-order valence-corrected chi connectivity index (χ4v) is 2.86. The van der Waals surface area contributed by atoms with Gasteiger partial charge in [0.1, 0.15) is 0 Å². The van der Waals surface area contributed by atoms with Crippen molar-refractivity contribution < 1.29 is 37.4 Å². The molecule has 1 N–H and O–H groups in total. The monoisotopic (exact) mass is 369 g/mol. The molecule has 1 aliphatic heterocycles. The summed E-state index contributed by atoms with van der Waals surface area (Å²) in [6.07, 6.45) is -4.42. The summed E-state index contributed by atoms with van der Waals surface area (Å²) < 4.78 is 43.3. The number of hydrogen-bond acceptors (Lipinski definition) is 4.